The second kappa shape index (κ2) is 18.3. The fourth-order valence-electron chi connectivity index (χ4n) is 13.6. The molecule has 3 nitrogen and oxygen atoms in total. The van der Waals surface area contributed by atoms with E-state index in [0.717, 1.165) is 44.6 Å². The first-order valence-electron chi connectivity index (χ1n) is 26.7. The SMILES string of the molecule is Cc1cc(C)c(-c2ccc3c(c2)c2ccc(-c4c(C)cc(C)cc4C)cc2n3-c2cccc(-n3c4ccc(-c5c(C)cc(C)cc5C)cc4c4ccc(-c5c(C)cc(C)cc5C)cc43)c2-c2ccc(C#N)cc2)c(C)c1. The second-order valence-electron chi connectivity index (χ2n) is 22.1. The highest BCUT2D eigenvalue weighted by Gasteiger charge is 2.25. The summed E-state index contributed by atoms with van der Waals surface area (Å²) in [7, 11) is 0. The average molecular weight is 982 g/mol. The summed E-state index contributed by atoms with van der Waals surface area (Å²) in [5.74, 6) is 0. The normalized spacial score (nSPS) is 11.7. The van der Waals surface area contributed by atoms with Crippen LogP contribution in [0, 0.1) is 94.4 Å². The summed E-state index contributed by atoms with van der Waals surface area (Å²) in [5, 5.41) is 15.0. The van der Waals surface area contributed by atoms with Crippen LogP contribution in [-0.2, 0) is 0 Å². The quantitative estimate of drug-likeness (QED) is 0.157. The molecule has 10 aromatic carbocycles. The van der Waals surface area contributed by atoms with Gasteiger partial charge in [-0.25, -0.2) is 0 Å². The molecule has 2 aromatic heterocycles. The van der Waals surface area contributed by atoms with E-state index in [1.165, 1.54) is 133 Å². The molecule has 12 rings (SSSR count). The lowest BCUT2D eigenvalue weighted by Crippen LogP contribution is -2.04. The molecular formula is C73H63N3. The highest BCUT2D eigenvalue weighted by atomic mass is 15.0. The molecule has 370 valence electrons. The summed E-state index contributed by atoms with van der Waals surface area (Å²) < 4.78 is 5.03. The maximum Gasteiger partial charge on any atom is 0.0991 e. The summed E-state index contributed by atoms with van der Waals surface area (Å²) in [6.45, 7) is 26.7. The lowest BCUT2D eigenvalue weighted by molar-refractivity contribution is 1.14. The maximum absolute atomic E-state index is 10.2. The van der Waals surface area contributed by atoms with Gasteiger partial charge in [0.1, 0.15) is 0 Å². The minimum absolute atomic E-state index is 0.627. The van der Waals surface area contributed by atoms with Crippen LogP contribution in [0.15, 0.2) is 164 Å². The summed E-state index contributed by atoms with van der Waals surface area (Å²) in [4.78, 5) is 0. The summed E-state index contributed by atoms with van der Waals surface area (Å²) in [6.07, 6.45) is 0. The molecular weight excluding hydrogens is 919 g/mol. The Hall–Kier alpha value is -8.71. The largest absolute Gasteiger partial charge is 0.309 e. The van der Waals surface area contributed by atoms with Crippen LogP contribution >= 0.6 is 0 Å². The van der Waals surface area contributed by atoms with E-state index in [1.54, 1.807) is 0 Å². The van der Waals surface area contributed by atoms with E-state index in [4.69, 9.17) is 0 Å². The van der Waals surface area contributed by atoms with Gasteiger partial charge in [-0.3, -0.25) is 0 Å². The van der Waals surface area contributed by atoms with Gasteiger partial charge in [0.25, 0.3) is 0 Å². The fourth-order valence-corrected chi connectivity index (χ4v) is 13.6. The molecule has 0 spiro atoms. The molecule has 0 saturated carbocycles. The van der Waals surface area contributed by atoms with Crippen LogP contribution in [0.1, 0.15) is 72.3 Å². The van der Waals surface area contributed by atoms with E-state index in [-0.39, 0.29) is 0 Å². The Morgan fingerprint density at radius 3 is 0.908 bits per heavy atom. The molecule has 0 aliphatic carbocycles. The molecule has 0 unspecified atom stereocenters. The molecule has 0 bridgehead atoms. The van der Waals surface area contributed by atoms with Crippen molar-refractivity contribution in [3.05, 3.63) is 236 Å². The van der Waals surface area contributed by atoms with Crippen LogP contribution in [0.25, 0.3) is 111 Å². The van der Waals surface area contributed by atoms with Crippen molar-refractivity contribution in [2.45, 2.75) is 83.1 Å². The lowest BCUT2D eigenvalue weighted by atomic mass is 9.92. The molecule has 0 saturated heterocycles. The van der Waals surface area contributed by atoms with Gasteiger partial charge in [0.15, 0.2) is 0 Å². The van der Waals surface area contributed by atoms with Crippen molar-refractivity contribution in [3.63, 3.8) is 0 Å². The molecule has 0 fully saturated rings. The van der Waals surface area contributed by atoms with Crippen molar-refractivity contribution in [1.29, 1.82) is 5.26 Å². The summed E-state index contributed by atoms with van der Waals surface area (Å²) in [6, 6.07) is 64.2. The van der Waals surface area contributed by atoms with Crippen molar-refractivity contribution >= 4 is 43.6 Å². The topological polar surface area (TPSA) is 33.6 Å². The van der Waals surface area contributed by atoms with E-state index < -0.39 is 0 Å². The number of fused-ring (bicyclic) bond motifs is 6. The van der Waals surface area contributed by atoms with Crippen LogP contribution in [0.4, 0.5) is 0 Å². The number of nitriles is 1. The van der Waals surface area contributed by atoms with Crippen molar-refractivity contribution in [1.82, 2.24) is 9.13 Å². The van der Waals surface area contributed by atoms with Gasteiger partial charge in [0.05, 0.1) is 45.1 Å². The van der Waals surface area contributed by atoms with E-state index in [0.29, 0.717) is 5.56 Å². The van der Waals surface area contributed by atoms with Crippen LogP contribution < -0.4 is 0 Å². The standard InChI is InChI=1S/C73H63N3/c1-41-28-45(5)69(46(6)29-41)55-22-26-63-61(36-55)59-24-20-57(71-49(9)32-43(3)33-50(71)10)38-67(59)75(63)65-14-13-15-66(73(65)54-18-16-53(40-74)17-19-54)76-64-27-23-56(70-47(7)30-42(2)31-48(70)8)37-62(64)60-25-21-58(39-68(60)76)72-51(11)34-44(4)35-52(72)12/h13-39H,1-12H3. The summed E-state index contributed by atoms with van der Waals surface area (Å²) >= 11 is 0. The Balaban J connectivity index is 1.21. The number of benzene rings is 10. The zero-order chi connectivity index (χ0) is 53.0. The van der Waals surface area contributed by atoms with Crippen LogP contribution in [0.5, 0.6) is 0 Å². The van der Waals surface area contributed by atoms with Crippen molar-refractivity contribution < 1.29 is 0 Å². The Morgan fingerprint density at radius 1 is 0.276 bits per heavy atom. The van der Waals surface area contributed by atoms with E-state index in [1.807, 2.05) is 12.1 Å². The zero-order valence-electron chi connectivity index (χ0n) is 45.9. The molecule has 0 radical (unpaired) electrons. The molecule has 0 atom stereocenters. The highest BCUT2D eigenvalue weighted by molar-refractivity contribution is 6.14. The Kier molecular flexibility index (Phi) is 11.6. The van der Waals surface area contributed by atoms with Crippen molar-refractivity contribution in [2.75, 3.05) is 0 Å². The van der Waals surface area contributed by atoms with Crippen LogP contribution in [0.3, 0.4) is 0 Å². The average Bonchev–Trinajstić information content (AvgIpc) is 4.01. The Morgan fingerprint density at radius 2 is 0.579 bits per heavy atom. The predicted octanol–water partition coefficient (Wildman–Crippen LogP) is 19.8. The number of aryl methyl sites for hydroxylation is 12. The molecule has 12 aromatic rings. The van der Waals surface area contributed by atoms with Gasteiger partial charge in [-0.2, -0.15) is 5.26 Å². The van der Waals surface area contributed by atoms with Crippen LogP contribution in [0.2, 0.25) is 0 Å². The zero-order valence-corrected chi connectivity index (χ0v) is 45.9. The smallest absolute Gasteiger partial charge is 0.0991 e. The second-order valence-corrected chi connectivity index (χ2v) is 22.1. The molecule has 3 heteroatoms. The van der Waals surface area contributed by atoms with Gasteiger partial charge in [-0.15, -0.1) is 0 Å². The molecule has 0 amide bonds. The molecule has 0 aliphatic rings. The van der Waals surface area contributed by atoms with Crippen molar-refractivity contribution in [3.8, 4) is 73.1 Å². The lowest BCUT2D eigenvalue weighted by Gasteiger charge is -2.21. The summed E-state index contributed by atoms with van der Waals surface area (Å²) in [5.41, 5.74) is 34.6. The van der Waals surface area contributed by atoms with E-state index in [2.05, 4.69) is 250 Å². The third kappa shape index (κ3) is 7.86. The Bertz CT molecular complexity index is 4120. The predicted molar refractivity (Wildman–Crippen MR) is 324 cm³/mol. The molecule has 0 aliphatic heterocycles. The minimum Gasteiger partial charge on any atom is -0.309 e. The van der Waals surface area contributed by atoms with Crippen molar-refractivity contribution in [2.24, 2.45) is 0 Å². The van der Waals surface area contributed by atoms with Gasteiger partial charge in [-0.05, 0) is 238 Å². The van der Waals surface area contributed by atoms with Crippen LogP contribution in [-0.4, -0.2) is 9.13 Å². The molecule has 2 heterocycles. The highest BCUT2D eigenvalue weighted by Crippen LogP contribution is 2.46. The van der Waals surface area contributed by atoms with E-state index >= 15 is 0 Å². The number of nitrogens with zero attached hydrogens (tertiary/aromatic N) is 3. The van der Waals surface area contributed by atoms with E-state index in [9.17, 15) is 5.26 Å². The number of hydrogen-bond acceptors (Lipinski definition) is 1. The first kappa shape index (κ1) is 48.2. The number of hydrogen-bond donors (Lipinski definition) is 0. The third-order valence-electron chi connectivity index (χ3n) is 16.2. The first-order valence-corrected chi connectivity index (χ1v) is 26.7. The van der Waals surface area contributed by atoms with Gasteiger partial charge < -0.3 is 9.13 Å². The van der Waals surface area contributed by atoms with Gasteiger partial charge in [0.2, 0.25) is 0 Å². The Labute approximate surface area is 448 Å². The first-order chi connectivity index (χ1) is 36.6. The van der Waals surface area contributed by atoms with Gasteiger partial charge >= 0.3 is 0 Å². The maximum atomic E-state index is 10.2. The number of aromatic nitrogens is 2. The fraction of sp³-hybridized carbons (Fsp3) is 0.164. The van der Waals surface area contributed by atoms with Gasteiger partial charge in [-0.1, -0.05) is 125 Å². The monoisotopic (exact) mass is 982 g/mol. The number of rotatable bonds is 7. The minimum atomic E-state index is 0.627. The van der Waals surface area contributed by atoms with Gasteiger partial charge in [0, 0.05) is 27.1 Å². The molecule has 76 heavy (non-hydrogen) atoms. The molecule has 0 N–H and O–H groups in total. The third-order valence-corrected chi connectivity index (χ3v) is 16.2.